The molecule has 1 fully saturated rings. The highest BCUT2D eigenvalue weighted by Gasteiger charge is 2.31. The molecule has 0 saturated carbocycles. The average Bonchev–Trinajstić information content (AvgIpc) is 3.19. The number of ether oxygens (including phenoxy) is 4. The molecule has 322 valence electrons. The van der Waals surface area contributed by atoms with Gasteiger partial charge in [-0.25, -0.2) is 9.18 Å². The standard InChI is InChI=1S/C43H45FN4O13/c1-6-46-23-32(43(56)57)38(53)31-21-33(44)35(22-34(31)46)47-16-18-48(19-17-47)42(55)29(20-28-10-7-13-36(58-24(2)49)39(28)60-26(4)51)11-9-15-45-41(54)30-12-8-14-37(59-25(3)50)40(30)61-27(5)52/h7-8,10,12-14,21-23,29H,6,9,11,15-20H2,1-5H3,(H,45,54)(H,56,57). The Morgan fingerprint density at radius 2 is 1.38 bits per heavy atom. The maximum atomic E-state index is 15.6. The zero-order valence-electron chi connectivity index (χ0n) is 34.2. The van der Waals surface area contributed by atoms with Crippen LogP contribution in [-0.4, -0.2) is 89.0 Å². The van der Waals surface area contributed by atoms with Crippen LogP contribution in [0, 0.1) is 11.7 Å². The van der Waals surface area contributed by atoms with E-state index in [1.807, 2.05) is 0 Å². The van der Waals surface area contributed by atoms with E-state index in [4.69, 9.17) is 18.9 Å². The Morgan fingerprint density at radius 1 is 0.787 bits per heavy atom. The minimum absolute atomic E-state index is 0.0167. The van der Waals surface area contributed by atoms with Gasteiger partial charge in [0.05, 0.1) is 16.8 Å². The zero-order chi connectivity index (χ0) is 44.5. The number of para-hydroxylation sites is 2. The molecule has 4 aromatic rings. The Bertz CT molecular complexity index is 2460. The van der Waals surface area contributed by atoms with Gasteiger partial charge >= 0.3 is 29.8 Å². The smallest absolute Gasteiger partial charge is 0.341 e. The van der Waals surface area contributed by atoms with Crippen molar-refractivity contribution in [2.45, 2.75) is 60.4 Å². The number of halogens is 1. The molecule has 1 atom stereocenters. The summed E-state index contributed by atoms with van der Waals surface area (Å²) in [4.78, 5) is 103. The SMILES string of the molecule is CCn1cc(C(=O)O)c(=O)c2cc(F)c(N3CCN(C(=O)C(CCCNC(=O)c4cccc(OC(C)=O)c4OC(C)=O)Cc4cccc(OC(C)=O)c4OC(C)=O)CC3)cc21. The van der Waals surface area contributed by atoms with Crippen molar-refractivity contribution in [2.24, 2.45) is 5.92 Å². The summed E-state index contributed by atoms with van der Waals surface area (Å²) in [6, 6.07) is 11.4. The second kappa shape index (κ2) is 19.8. The Kier molecular flexibility index (Phi) is 14.6. The van der Waals surface area contributed by atoms with Crippen molar-refractivity contribution in [1.82, 2.24) is 14.8 Å². The number of carboxylic acids is 1. The topological polar surface area (TPSA) is 217 Å². The predicted molar refractivity (Wildman–Crippen MR) is 216 cm³/mol. The summed E-state index contributed by atoms with van der Waals surface area (Å²) in [7, 11) is 0. The average molecular weight is 845 g/mol. The van der Waals surface area contributed by atoms with Crippen LogP contribution in [0.15, 0.2) is 59.5 Å². The number of carbonyl (C=O) groups excluding carboxylic acids is 6. The van der Waals surface area contributed by atoms with Gasteiger partial charge in [0.25, 0.3) is 5.91 Å². The number of piperazine rings is 1. The lowest BCUT2D eigenvalue weighted by Crippen LogP contribution is -2.51. The first-order valence-corrected chi connectivity index (χ1v) is 19.4. The van der Waals surface area contributed by atoms with E-state index in [0.29, 0.717) is 17.6 Å². The summed E-state index contributed by atoms with van der Waals surface area (Å²) < 4.78 is 38.3. The summed E-state index contributed by atoms with van der Waals surface area (Å²) in [6.07, 6.45) is 1.71. The predicted octanol–water partition coefficient (Wildman–Crippen LogP) is 4.28. The molecule has 2 N–H and O–H groups in total. The minimum Gasteiger partial charge on any atom is -0.477 e. The second-order valence-corrected chi connectivity index (χ2v) is 14.1. The summed E-state index contributed by atoms with van der Waals surface area (Å²) >= 11 is 0. The van der Waals surface area contributed by atoms with Crippen molar-refractivity contribution < 1.29 is 62.0 Å². The lowest BCUT2D eigenvalue weighted by Gasteiger charge is -2.38. The number of aromatic nitrogens is 1. The highest BCUT2D eigenvalue weighted by molar-refractivity contribution is 5.99. The van der Waals surface area contributed by atoms with E-state index in [1.165, 1.54) is 50.4 Å². The number of carbonyl (C=O) groups is 7. The number of benzene rings is 3. The maximum Gasteiger partial charge on any atom is 0.341 e. The van der Waals surface area contributed by atoms with Gasteiger partial charge in [0.2, 0.25) is 11.3 Å². The maximum absolute atomic E-state index is 15.6. The number of nitrogens with one attached hydrogen (secondary N) is 1. The van der Waals surface area contributed by atoms with Crippen molar-refractivity contribution in [1.29, 1.82) is 0 Å². The number of aryl methyl sites for hydroxylation is 1. The van der Waals surface area contributed by atoms with Crippen molar-refractivity contribution >= 4 is 58.3 Å². The fourth-order valence-electron chi connectivity index (χ4n) is 7.10. The molecule has 1 aliphatic rings. The Morgan fingerprint density at radius 3 is 1.97 bits per heavy atom. The molecule has 3 aromatic carbocycles. The molecule has 2 heterocycles. The van der Waals surface area contributed by atoms with Crippen molar-refractivity contribution in [3.05, 3.63) is 87.5 Å². The fourth-order valence-corrected chi connectivity index (χ4v) is 7.10. The summed E-state index contributed by atoms with van der Waals surface area (Å²) in [5, 5.41) is 12.2. The van der Waals surface area contributed by atoms with Gasteiger partial charge in [-0.15, -0.1) is 0 Å². The number of hydrogen-bond donors (Lipinski definition) is 2. The molecule has 2 amide bonds. The third-order valence-electron chi connectivity index (χ3n) is 9.77. The number of amides is 2. The van der Waals surface area contributed by atoms with E-state index in [9.17, 15) is 43.5 Å². The third kappa shape index (κ3) is 10.9. The molecular weight excluding hydrogens is 799 g/mol. The number of pyridine rings is 1. The summed E-state index contributed by atoms with van der Waals surface area (Å²) in [5.74, 6) is -7.04. The van der Waals surface area contributed by atoms with E-state index >= 15 is 4.39 Å². The van der Waals surface area contributed by atoms with Gasteiger partial charge in [-0.2, -0.15) is 0 Å². The first kappa shape index (κ1) is 45.0. The van der Waals surface area contributed by atoms with E-state index in [2.05, 4.69) is 5.32 Å². The van der Waals surface area contributed by atoms with Gasteiger partial charge in [0.15, 0.2) is 23.0 Å². The lowest BCUT2D eigenvalue weighted by molar-refractivity contribution is -0.136. The molecule has 18 heteroatoms. The third-order valence-corrected chi connectivity index (χ3v) is 9.77. The van der Waals surface area contributed by atoms with Gasteiger partial charge in [0, 0.05) is 84.5 Å². The normalized spacial score (nSPS) is 13.0. The number of aromatic carboxylic acids is 1. The van der Waals surface area contributed by atoms with Crippen LogP contribution in [0.3, 0.4) is 0 Å². The molecule has 0 spiro atoms. The molecule has 17 nitrogen and oxygen atoms in total. The Balaban J connectivity index is 1.37. The number of nitrogens with zero attached hydrogens (tertiary/aromatic N) is 3. The number of carboxylic acid groups (broad SMARTS) is 1. The van der Waals surface area contributed by atoms with Crippen LogP contribution >= 0.6 is 0 Å². The molecule has 0 radical (unpaired) electrons. The van der Waals surface area contributed by atoms with Crippen LogP contribution in [0.1, 0.15) is 73.7 Å². The van der Waals surface area contributed by atoms with E-state index < -0.39 is 58.5 Å². The molecule has 1 saturated heterocycles. The lowest BCUT2D eigenvalue weighted by atomic mass is 9.92. The molecule has 5 rings (SSSR count). The Labute approximate surface area is 348 Å². The molecule has 1 unspecified atom stereocenters. The van der Waals surface area contributed by atoms with E-state index in [-0.39, 0.29) is 97.5 Å². The van der Waals surface area contributed by atoms with Crippen LogP contribution in [0.2, 0.25) is 0 Å². The first-order valence-electron chi connectivity index (χ1n) is 19.4. The van der Waals surface area contributed by atoms with Crippen LogP contribution in [0.25, 0.3) is 10.9 Å². The van der Waals surface area contributed by atoms with Gasteiger partial charge in [-0.1, -0.05) is 18.2 Å². The van der Waals surface area contributed by atoms with Gasteiger partial charge in [0.1, 0.15) is 11.4 Å². The van der Waals surface area contributed by atoms with Crippen LogP contribution in [0.5, 0.6) is 23.0 Å². The largest absolute Gasteiger partial charge is 0.477 e. The highest BCUT2D eigenvalue weighted by Crippen LogP contribution is 2.35. The monoisotopic (exact) mass is 844 g/mol. The second-order valence-electron chi connectivity index (χ2n) is 14.1. The van der Waals surface area contributed by atoms with Crippen LogP contribution < -0.4 is 34.6 Å². The molecule has 1 aliphatic heterocycles. The first-order chi connectivity index (χ1) is 29.0. The zero-order valence-corrected chi connectivity index (χ0v) is 34.2. The minimum atomic E-state index is -1.42. The number of anilines is 1. The van der Waals surface area contributed by atoms with Crippen molar-refractivity contribution in [3.63, 3.8) is 0 Å². The molecule has 61 heavy (non-hydrogen) atoms. The molecular formula is C43H45FN4O13. The van der Waals surface area contributed by atoms with Crippen LogP contribution in [-0.2, 0) is 36.9 Å². The van der Waals surface area contributed by atoms with Gasteiger partial charge in [-0.05, 0) is 62.1 Å². The summed E-state index contributed by atoms with van der Waals surface area (Å²) in [6.45, 7) is 7.54. The molecule has 0 aliphatic carbocycles. The highest BCUT2D eigenvalue weighted by atomic mass is 19.1. The van der Waals surface area contributed by atoms with E-state index in [1.54, 1.807) is 33.4 Å². The van der Waals surface area contributed by atoms with Gasteiger partial charge < -0.3 is 43.7 Å². The van der Waals surface area contributed by atoms with Crippen LogP contribution in [0.4, 0.5) is 10.1 Å². The summed E-state index contributed by atoms with van der Waals surface area (Å²) in [5.41, 5.74) is -0.399. The van der Waals surface area contributed by atoms with E-state index in [0.717, 1.165) is 19.9 Å². The van der Waals surface area contributed by atoms with Crippen molar-refractivity contribution in [2.75, 3.05) is 37.6 Å². The van der Waals surface area contributed by atoms with Gasteiger partial charge in [-0.3, -0.25) is 33.6 Å². The molecule has 1 aromatic heterocycles. The quantitative estimate of drug-likeness (QED) is 0.0971. The number of fused-ring (bicyclic) bond motifs is 1. The number of esters is 4. The number of hydrogen-bond acceptors (Lipinski definition) is 13. The van der Waals surface area contributed by atoms with Crippen molar-refractivity contribution in [3.8, 4) is 23.0 Å². The fraction of sp³-hybridized carbons (Fsp3) is 0.349. The Hall–Kier alpha value is -7.11. The number of rotatable bonds is 15. The molecule has 0 bridgehead atoms.